The molecule has 28 heavy (non-hydrogen) atoms. The van der Waals surface area contributed by atoms with Crippen LogP contribution < -0.4 is 20.6 Å². The Bertz CT molecular complexity index is 887. The number of hydrogen-bond donors (Lipinski definition) is 2. The second-order valence-electron chi connectivity index (χ2n) is 5.53. The summed E-state index contributed by atoms with van der Waals surface area (Å²) >= 11 is 0. The minimum atomic E-state index is -1.27. The molecule has 2 N–H and O–H groups in total. The Morgan fingerprint density at radius 2 is 1.68 bits per heavy atom. The number of hydrazone groups is 1. The molecule has 0 unspecified atom stereocenters. The van der Waals surface area contributed by atoms with E-state index in [2.05, 4.69) is 15.8 Å². The molecule has 0 aliphatic rings. The van der Waals surface area contributed by atoms with Crippen molar-refractivity contribution in [2.24, 2.45) is 5.10 Å². The third kappa shape index (κ3) is 6.75. The summed E-state index contributed by atoms with van der Waals surface area (Å²) in [5, 5.41) is 16.8. The van der Waals surface area contributed by atoms with Crippen LogP contribution >= 0.6 is 0 Å². The largest absolute Gasteiger partial charge is 0.545 e. The minimum Gasteiger partial charge on any atom is -0.545 e. The number of benzene rings is 2. The van der Waals surface area contributed by atoms with Crippen molar-refractivity contribution in [3.05, 3.63) is 71.3 Å². The van der Waals surface area contributed by atoms with Crippen molar-refractivity contribution in [2.45, 2.75) is 0 Å². The molecule has 2 aromatic carbocycles. The highest BCUT2D eigenvalue weighted by molar-refractivity contribution is 5.94. The molecule has 0 aliphatic heterocycles. The Labute approximate surface area is 161 Å². The van der Waals surface area contributed by atoms with Crippen LogP contribution in [0.15, 0.2) is 59.7 Å². The summed E-state index contributed by atoms with van der Waals surface area (Å²) in [5.41, 5.74) is 3.72. The van der Waals surface area contributed by atoms with Crippen molar-refractivity contribution >= 4 is 30.1 Å². The molecule has 0 fully saturated rings. The maximum Gasteiger partial charge on any atom is 0.259 e. The second kappa shape index (κ2) is 10.3. The summed E-state index contributed by atoms with van der Waals surface area (Å²) in [4.78, 5) is 34.0. The first kappa shape index (κ1) is 20.4. The number of nitrogens with zero attached hydrogens (tertiary/aromatic N) is 1. The van der Waals surface area contributed by atoms with Crippen molar-refractivity contribution in [1.82, 2.24) is 10.7 Å². The number of nitrogens with one attached hydrogen (secondary N) is 2. The van der Waals surface area contributed by atoms with Gasteiger partial charge in [-0.05, 0) is 34.9 Å². The lowest BCUT2D eigenvalue weighted by Gasteiger charge is -2.02. The lowest BCUT2D eigenvalue weighted by atomic mass is 10.1. The summed E-state index contributed by atoms with van der Waals surface area (Å²) in [5.74, 6) is -1.48. The molecule has 0 saturated carbocycles. The highest BCUT2D eigenvalue weighted by atomic mass is 16.5. The maximum atomic E-state index is 11.7. The molecule has 2 rings (SSSR count). The fourth-order valence-corrected chi connectivity index (χ4v) is 2.04. The molecule has 0 radical (unpaired) electrons. The van der Waals surface area contributed by atoms with Crippen molar-refractivity contribution < 1.29 is 24.2 Å². The zero-order valence-electron chi connectivity index (χ0n) is 15.0. The van der Waals surface area contributed by atoms with Gasteiger partial charge in [0.15, 0.2) is 0 Å². The number of amides is 2. The first-order valence-electron chi connectivity index (χ1n) is 8.21. The van der Waals surface area contributed by atoms with E-state index in [-0.39, 0.29) is 12.1 Å². The number of methoxy groups -OCH3 is 1. The van der Waals surface area contributed by atoms with E-state index in [1.54, 1.807) is 37.5 Å². The van der Waals surface area contributed by atoms with E-state index in [0.29, 0.717) is 11.3 Å². The molecule has 0 spiro atoms. The van der Waals surface area contributed by atoms with Gasteiger partial charge in [0.25, 0.3) is 5.91 Å². The normalized spacial score (nSPS) is 10.8. The van der Waals surface area contributed by atoms with Crippen LogP contribution in [-0.2, 0) is 9.59 Å². The number of hydrogen-bond acceptors (Lipinski definition) is 6. The molecule has 0 heterocycles. The van der Waals surface area contributed by atoms with Crippen molar-refractivity contribution in [2.75, 3.05) is 13.7 Å². The molecular weight excluding hydrogens is 362 g/mol. The van der Waals surface area contributed by atoms with Gasteiger partial charge in [-0.15, -0.1) is 0 Å². The molecule has 0 bridgehead atoms. The van der Waals surface area contributed by atoms with Gasteiger partial charge in [0.05, 0.1) is 25.8 Å². The number of carboxylic acid groups (broad SMARTS) is 1. The van der Waals surface area contributed by atoms with Gasteiger partial charge in [-0.2, -0.15) is 5.10 Å². The molecule has 2 amide bonds. The lowest BCUT2D eigenvalue weighted by Crippen LogP contribution is -2.34. The number of carbonyl (C=O) groups excluding carboxylic acids is 3. The van der Waals surface area contributed by atoms with Gasteiger partial charge in [0.2, 0.25) is 5.91 Å². The smallest absolute Gasteiger partial charge is 0.259 e. The van der Waals surface area contributed by atoms with Crippen molar-refractivity contribution in [1.29, 1.82) is 0 Å². The molecule has 144 valence electrons. The van der Waals surface area contributed by atoms with Gasteiger partial charge in [-0.3, -0.25) is 9.59 Å². The highest BCUT2D eigenvalue weighted by Crippen LogP contribution is 2.12. The zero-order chi connectivity index (χ0) is 20.4. The number of rotatable bonds is 8. The van der Waals surface area contributed by atoms with E-state index in [1.165, 1.54) is 36.6 Å². The predicted octanol–water partition coefficient (Wildman–Crippen LogP) is 0.338. The van der Waals surface area contributed by atoms with E-state index >= 15 is 0 Å². The molecule has 2 aromatic rings. The van der Waals surface area contributed by atoms with Crippen LogP contribution in [0.5, 0.6) is 5.75 Å². The average molecular weight is 380 g/mol. The summed E-state index contributed by atoms with van der Waals surface area (Å²) in [6.45, 7) is -0.243. The van der Waals surface area contributed by atoms with Crippen LogP contribution in [0.1, 0.15) is 21.5 Å². The summed E-state index contributed by atoms with van der Waals surface area (Å²) in [6.07, 6.45) is 4.28. The van der Waals surface area contributed by atoms with Crippen molar-refractivity contribution in [3.8, 4) is 5.75 Å². The van der Waals surface area contributed by atoms with E-state index in [4.69, 9.17) is 4.74 Å². The van der Waals surface area contributed by atoms with Gasteiger partial charge in [0, 0.05) is 6.08 Å². The second-order valence-corrected chi connectivity index (χ2v) is 5.53. The van der Waals surface area contributed by atoms with E-state index in [0.717, 1.165) is 5.56 Å². The Kier molecular flexibility index (Phi) is 7.47. The van der Waals surface area contributed by atoms with Crippen LogP contribution in [-0.4, -0.2) is 37.7 Å². The highest BCUT2D eigenvalue weighted by Gasteiger charge is 2.02. The van der Waals surface area contributed by atoms with Crippen LogP contribution in [0.2, 0.25) is 0 Å². The van der Waals surface area contributed by atoms with Gasteiger partial charge < -0.3 is 20.0 Å². The number of aromatic carboxylic acids is 1. The van der Waals surface area contributed by atoms with Crippen LogP contribution in [0.25, 0.3) is 6.08 Å². The number of ether oxygens (including phenoxy) is 1. The topological polar surface area (TPSA) is 120 Å². The average Bonchev–Trinajstić information content (AvgIpc) is 2.71. The summed E-state index contributed by atoms with van der Waals surface area (Å²) in [6, 6.07) is 12.9. The van der Waals surface area contributed by atoms with Crippen LogP contribution in [0.4, 0.5) is 0 Å². The van der Waals surface area contributed by atoms with Gasteiger partial charge >= 0.3 is 0 Å². The minimum absolute atomic E-state index is 0.0478. The Morgan fingerprint density at radius 3 is 2.29 bits per heavy atom. The molecule has 0 aromatic heterocycles. The SMILES string of the molecule is COc1ccc(/C=C/C(=O)NCC(=O)N/N=C\c2ccc(C(=O)[O-])cc2)cc1. The monoisotopic (exact) mass is 380 g/mol. The Balaban J connectivity index is 1.74. The molecule has 0 saturated heterocycles. The molecule has 0 aliphatic carbocycles. The zero-order valence-corrected chi connectivity index (χ0v) is 15.0. The van der Waals surface area contributed by atoms with Crippen molar-refractivity contribution in [3.63, 3.8) is 0 Å². The summed E-state index contributed by atoms with van der Waals surface area (Å²) in [7, 11) is 1.57. The fourth-order valence-electron chi connectivity index (χ4n) is 2.04. The summed E-state index contributed by atoms with van der Waals surface area (Å²) < 4.78 is 5.05. The van der Waals surface area contributed by atoms with E-state index < -0.39 is 17.8 Å². The van der Waals surface area contributed by atoms with Crippen LogP contribution in [0, 0.1) is 0 Å². The predicted molar refractivity (Wildman–Crippen MR) is 102 cm³/mol. The quantitative estimate of drug-likeness (QED) is 0.389. The Hall–Kier alpha value is -3.94. The van der Waals surface area contributed by atoms with E-state index in [1.807, 2.05) is 0 Å². The lowest BCUT2D eigenvalue weighted by molar-refractivity contribution is -0.255. The number of carbonyl (C=O) groups is 3. The third-order valence-corrected chi connectivity index (χ3v) is 3.52. The fraction of sp³-hybridized carbons (Fsp3) is 0.100. The molecule has 0 atom stereocenters. The van der Waals surface area contributed by atoms with Gasteiger partial charge in [-0.25, -0.2) is 5.43 Å². The molecule has 8 nitrogen and oxygen atoms in total. The van der Waals surface area contributed by atoms with Gasteiger partial charge in [0.1, 0.15) is 5.75 Å². The first-order valence-corrected chi connectivity index (χ1v) is 8.21. The molecular formula is C20H18N3O5-. The number of carboxylic acids is 1. The Morgan fingerprint density at radius 1 is 1.04 bits per heavy atom. The molecule has 8 heteroatoms. The first-order chi connectivity index (χ1) is 13.5. The maximum absolute atomic E-state index is 11.7. The standard InChI is InChI=1S/C20H19N3O5/c1-28-17-9-4-14(5-10-17)6-11-18(24)21-13-19(25)23-22-12-15-2-7-16(8-3-15)20(26)27/h2-12H,13H2,1H3,(H,21,24)(H,23,25)(H,26,27)/p-1/b11-6+,22-12-. The van der Waals surface area contributed by atoms with Crippen LogP contribution in [0.3, 0.4) is 0 Å². The van der Waals surface area contributed by atoms with Gasteiger partial charge in [-0.1, -0.05) is 36.4 Å². The third-order valence-electron chi connectivity index (χ3n) is 3.52. The van der Waals surface area contributed by atoms with E-state index in [9.17, 15) is 19.5 Å².